The Bertz CT molecular complexity index is 255. The summed E-state index contributed by atoms with van der Waals surface area (Å²) in [5, 5.41) is 8.73. The van der Waals surface area contributed by atoms with E-state index in [-0.39, 0.29) is 5.75 Å². The second-order valence-corrected chi connectivity index (χ2v) is 1.91. The number of hydrogen-bond donors (Lipinski definition) is 1. The minimum absolute atomic E-state index is 0.328. The van der Waals surface area contributed by atoms with Crippen molar-refractivity contribution in [1.29, 1.82) is 0 Å². The monoisotopic (exact) mass is 138 g/mol. The van der Waals surface area contributed by atoms with Gasteiger partial charge in [0.25, 0.3) is 0 Å². The van der Waals surface area contributed by atoms with Crippen molar-refractivity contribution < 1.29 is 9.50 Å². The molecule has 0 aliphatic carbocycles. The Labute approximate surface area is 58.4 Å². The number of rotatable bonds is 1. The maximum Gasteiger partial charge on any atom is 0.165 e. The molecule has 0 saturated heterocycles. The normalized spacial score (nSPS) is 9.30. The fourth-order valence-corrected chi connectivity index (χ4v) is 0.650. The van der Waals surface area contributed by atoms with Crippen LogP contribution in [0.15, 0.2) is 24.8 Å². The van der Waals surface area contributed by atoms with Gasteiger partial charge in [0.2, 0.25) is 0 Å². The third-order valence-electron chi connectivity index (χ3n) is 1.21. The van der Waals surface area contributed by atoms with E-state index in [4.69, 9.17) is 5.11 Å². The highest BCUT2D eigenvalue weighted by molar-refractivity contribution is 5.48. The summed E-state index contributed by atoms with van der Waals surface area (Å²) in [6.45, 7) is 3.45. The SMILES string of the molecule is C=Cc1ccc(O)c(F)c1. The molecule has 0 saturated carbocycles. The predicted octanol–water partition coefficient (Wildman–Crippen LogP) is 2.17. The first-order chi connectivity index (χ1) is 4.74. The van der Waals surface area contributed by atoms with E-state index in [1.54, 1.807) is 6.07 Å². The van der Waals surface area contributed by atoms with Crippen molar-refractivity contribution in [2.45, 2.75) is 0 Å². The minimum Gasteiger partial charge on any atom is -0.505 e. The van der Waals surface area contributed by atoms with Gasteiger partial charge in [-0.15, -0.1) is 0 Å². The van der Waals surface area contributed by atoms with Crippen molar-refractivity contribution in [2.75, 3.05) is 0 Å². The molecule has 0 atom stereocenters. The zero-order chi connectivity index (χ0) is 7.56. The van der Waals surface area contributed by atoms with Crippen molar-refractivity contribution in [3.05, 3.63) is 36.2 Å². The Morgan fingerprint density at radius 1 is 1.50 bits per heavy atom. The van der Waals surface area contributed by atoms with Crippen molar-refractivity contribution in [3.8, 4) is 5.75 Å². The van der Waals surface area contributed by atoms with Gasteiger partial charge in [-0.3, -0.25) is 0 Å². The van der Waals surface area contributed by atoms with Crippen LogP contribution in [0.5, 0.6) is 5.75 Å². The summed E-state index contributed by atoms with van der Waals surface area (Å²) in [6.07, 6.45) is 1.52. The molecule has 0 heterocycles. The van der Waals surface area contributed by atoms with Crippen molar-refractivity contribution in [1.82, 2.24) is 0 Å². The maximum atomic E-state index is 12.5. The largest absolute Gasteiger partial charge is 0.505 e. The molecule has 1 nitrogen and oxygen atoms in total. The molecule has 1 aromatic carbocycles. The average molecular weight is 138 g/mol. The van der Waals surface area contributed by atoms with Gasteiger partial charge in [0.1, 0.15) is 0 Å². The molecule has 10 heavy (non-hydrogen) atoms. The van der Waals surface area contributed by atoms with Crippen LogP contribution >= 0.6 is 0 Å². The molecule has 0 fully saturated rings. The van der Waals surface area contributed by atoms with Gasteiger partial charge in [-0.1, -0.05) is 18.7 Å². The van der Waals surface area contributed by atoms with Gasteiger partial charge in [-0.25, -0.2) is 4.39 Å². The van der Waals surface area contributed by atoms with E-state index < -0.39 is 5.82 Å². The third kappa shape index (κ3) is 1.16. The number of halogens is 1. The molecule has 1 rings (SSSR count). The highest BCUT2D eigenvalue weighted by Crippen LogP contribution is 2.16. The first-order valence-electron chi connectivity index (χ1n) is 2.85. The summed E-state index contributed by atoms with van der Waals surface area (Å²) in [4.78, 5) is 0. The Morgan fingerprint density at radius 2 is 2.20 bits per heavy atom. The first-order valence-corrected chi connectivity index (χ1v) is 2.85. The third-order valence-corrected chi connectivity index (χ3v) is 1.21. The van der Waals surface area contributed by atoms with E-state index in [0.717, 1.165) is 0 Å². The fraction of sp³-hybridized carbons (Fsp3) is 0. The standard InChI is InChI=1S/C8H7FO/c1-2-6-3-4-8(10)7(9)5-6/h2-5,10H,1H2. The minimum atomic E-state index is -0.614. The molecule has 0 bridgehead atoms. The first kappa shape index (κ1) is 6.81. The lowest BCUT2D eigenvalue weighted by atomic mass is 10.2. The Morgan fingerprint density at radius 3 is 2.70 bits per heavy atom. The predicted molar refractivity (Wildman–Crippen MR) is 38.2 cm³/mol. The Balaban J connectivity index is 3.16. The number of benzene rings is 1. The van der Waals surface area contributed by atoms with Crippen LogP contribution in [-0.4, -0.2) is 5.11 Å². The lowest BCUT2D eigenvalue weighted by Gasteiger charge is -1.94. The van der Waals surface area contributed by atoms with Gasteiger partial charge in [0.05, 0.1) is 0 Å². The van der Waals surface area contributed by atoms with Gasteiger partial charge < -0.3 is 5.11 Å². The number of aromatic hydroxyl groups is 1. The van der Waals surface area contributed by atoms with E-state index >= 15 is 0 Å². The van der Waals surface area contributed by atoms with Gasteiger partial charge >= 0.3 is 0 Å². The summed E-state index contributed by atoms with van der Waals surface area (Å²) in [6, 6.07) is 4.11. The molecule has 0 amide bonds. The second-order valence-electron chi connectivity index (χ2n) is 1.91. The van der Waals surface area contributed by atoms with Crippen LogP contribution in [0.3, 0.4) is 0 Å². The molecule has 1 N–H and O–H groups in total. The van der Waals surface area contributed by atoms with E-state index in [2.05, 4.69) is 6.58 Å². The number of hydrogen-bond acceptors (Lipinski definition) is 1. The molecule has 1 aromatic rings. The van der Waals surface area contributed by atoms with E-state index in [1.165, 1.54) is 18.2 Å². The lowest BCUT2D eigenvalue weighted by molar-refractivity contribution is 0.432. The van der Waals surface area contributed by atoms with E-state index in [9.17, 15) is 4.39 Å². The van der Waals surface area contributed by atoms with Crippen molar-refractivity contribution in [2.24, 2.45) is 0 Å². The molecule has 2 heteroatoms. The van der Waals surface area contributed by atoms with Crippen LogP contribution in [-0.2, 0) is 0 Å². The highest BCUT2D eigenvalue weighted by atomic mass is 19.1. The van der Waals surface area contributed by atoms with Gasteiger partial charge in [0, 0.05) is 0 Å². The van der Waals surface area contributed by atoms with Crippen LogP contribution in [0.2, 0.25) is 0 Å². The van der Waals surface area contributed by atoms with Gasteiger partial charge in [0.15, 0.2) is 11.6 Å². The molecule has 0 aliphatic heterocycles. The molecule has 52 valence electrons. The van der Waals surface area contributed by atoms with E-state index in [0.29, 0.717) is 5.56 Å². The summed E-state index contributed by atoms with van der Waals surface area (Å²) in [5.41, 5.74) is 0.662. The molecular weight excluding hydrogens is 131 g/mol. The zero-order valence-corrected chi connectivity index (χ0v) is 5.34. The molecule has 0 spiro atoms. The van der Waals surface area contributed by atoms with E-state index in [1.807, 2.05) is 0 Å². The van der Waals surface area contributed by atoms with Crippen LogP contribution < -0.4 is 0 Å². The number of phenolic OH excluding ortho intramolecular Hbond substituents is 1. The fourth-order valence-electron chi connectivity index (χ4n) is 0.650. The second kappa shape index (κ2) is 2.52. The van der Waals surface area contributed by atoms with Crippen LogP contribution in [0, 0.1) is 5.82 Å². The summed E-state index contributed by atoms with van der Waals surface area (Å²) in [5.74, 6) is -0.942. The lowest BCUT2D eigenvalue weighted by Crippen LogP contribution is -1.76. The molecule has 0 unspecified atom stereocenters. The zero-order valence-electron chi connectivity index (χ0n) is 5.34. The smallest absolute Gasteiger partial charge is 0.165 e. The molecule has 0 aromatic heterocycles. The van der Waals surface area contributed by atoms with Crippen molar-refractivity contribution in [3.63, 3.8) is 0 Å². The molecule has 0 radical (unpaired) electrons. The van der Waals surface area contributed by atoms with Crippen LogP contribution in [0.4, 0.5) is 4.39 Å². The topological polar surface area (TPSA) is 20.2 Å². The summed E-state index contributed by atoms with van der Waals surface area (Å²) in [7, 11) is 0. The Hall–Kier alpha value is -1.31. The van der Waals surface area contributed by atoms with Crippen LogP contribution in [0.25, 0.3) is 6.08 Å². The van der Waals surface area contributed by atoms with Gasteiger partial charge in [-0.05, 0) is 17.7 Å². The number of phenols is 1. The van der Waals surface area contributed by atoms with Crippen molar-refractivity contribution >= 4 is 6.08 Å². The maximum absolute atomic E-state index is 12.5. The highest BCUT2D eigenvalue weighted by Gasteiger charge is 1.97. The van der Waals surface area contributed by atoms with Crippen LogP contribution in [0.1, 0.15) is 5.56 Å². The molecular formula is C8H7FO. The Kier molecular flexibility index (Phi) is 1.71. The summed E-state index contributed by atoms with van der Waals surface area (Å²) < 4.78 is 12.5. The molecule has 0 aliphatic rings. The quantitative estimate of drug-likeness (QED) is 0.630. The van der Waals surface area contributed by atoms with Gasteiger partial charge in [-0.2, -0.15) is 0 Å². The summed E-state index contributed by atoms with van der Waals surface area (Å²) >= 11 is 0. The average Bonchev–Trinajstić information content (AvgIpc) is 1.95.